The van der Waals surface area contributed by atoms with Gasteiger partial charge in [-0.05, 0) is 79.9 Å². The summed E-state index contributed by atoms with van der Waals surface area (Å²) in [4.78, 5) is 27.9. The van der Waals surface area contributed by atoms with Gasteiger partial charge in [-0.1, -0.05) is 36.7 Å². The highest BCUT2D eigenvalue weighted by atomic mass is 35.5. The number of nitrogens with zero attached hydrogens (tertiary/aromatic N) is 1. The maximum atomic E-state index is 13.3. The average Bonchev–Trinajstić information content (AvgIpc) is 3.11. The molecule has 35 heavy (non-hydrogen) atoms. The molecule has 7 heteroatoms. The first-order valence-corrected chi connectivity index (χ1v) is 11.7. The number of halogens is 1. The van der Waals surface area contributed by atoms with Crippen molar-refractivity contribution in [1.29, 1.82) is 0 Å². The Morgan fingerprint density at radius 1 is 1.03 bits per heavy atom. The number of aryl methyl sites for hydroxylation is 1. The first kappa shape index (κ1) is 24.4. The summed E-state index contributed by atoms with van der Waals surface area (Å²) in [5, 5.41) is 21.2. The zero-order valence-electron chi connectivity index (χ0n) is 19.7. The Kier molecular flexibility index (Phi) is 6.85. The molecule has 1 unspecified atom stereocenters. The van der Waals surface area contributed by atoms with Gasteiger partial charge in [-0.15, -0.1) is 0 Å². The van der Waals surface area contributed by atoms with Crippen molar-refractivity contribution in [2.75, 3.05) is 4.90 Å². The molecule has 2 N–H and O–H groups in total. The summed E-state index contributed by atoms with van der Waals surface area (Å²) in [6, 6.07) is 17.5. The molecule has 0 aliphatic carbocycles. The molecule has 3 aromatic rings. The van der Waals surface area contributed by atoms with E-state index in [2.05, 4.69) is 0 Å². The van der Waals surface area contributed by atoms with E-state index < -0.39 is 17.7 Å². The number of ether oxygens (including phenoxy) is 1. The topological polar surface area (TPSA) is 87.1 Å². The second kappa shape index (κ2) is 9.84. The van der Waals surface area contributed by atoms with Crippen LogP contribution < -0.4 is 9.64 Å². The molecule has 1 saturated heterocycles. The van der Waals surface area contributed by atoms with E-state index >= 15 is 0 Å². The molecule has 180 valence electrons. The molecule has 0 radical (unpaired) electrons. The van der Waals surface area contributed by atoms with Crippen LogP contribution in [0.5, 0.6) is 11.5 Å². The number of hydrogen-bond acceptors (Lipinski definition) is 5. The molecule has 1 aliphatic rings. The molecule has 0 aromatic heterocycles. The Morgan fingerprint density at radius 3 is 2.26 bits per heavy atom. The van der Waals surface area contributed by atoms with Gasteiger partial charge in [0.1, 0.15) is 17.3 Å². The summed E-state index contributed by atoms with van der Waals surface area (Å²) in [5.74, 6) is -1.37. The zero-order chi connectivity index (χ0) is 25.3. The standard InChI is InChI=1S/C28H26ClNO5/c1-4-17-5-10-20(11-6-17)30-25(19-9-14-23(31)22(29)15-19)24(27(33)28(30)34)26(32)18-7-12-21(13-8-18)35-16(2)3/h5-16,25,31-32H,4H2,1-3H3/b26-24-. The fourth-order valence-corrected chi connectivity index (χ4v) is 4.31. The van der Waals surface area contributed by atoms with Crippen LogP contribution in [0.1, 0.15) is 43.5 Å². The number of rotatable bonds is 6. The van der Waals surface area contributed by atoms with Crippen LogP contribution in [0.3, 0.4) is 0 Å². The summed E-state index contributed by atoms with van der Waals surface area (Å²) < 4.78 is 5.66. The molecule has 3 aromatic carbocycles. The predicted molar refractivity (Wildman–Crippen MR) is 136 cm³/mol. The highest BCUT2D eigenvalue weighted by molar-refractivity contribution is 6.51. The van der Waals surface area contributed by atoms with Gasteiger partial charge in [0, 0.05) is 11.3 Å². The number of hydrogen-bond donors (Lipinski definition) is 2. The van der Waals surface area contributed by atoms with Crippen molar-refractivity contribution in [1.82, 2.24) is 0 Å². The van der Waals surface area contributed by atoms with Gasteiger partial charge in [0.15, 0.2) is 0 Å². The molecule has 1 fully saturated rings. The number of amides is 1. The molecule has 4 rings (SSSR count). The molecule has 1 aliphatic heterocycles. The van der Waals surface area contributed by atoms with Crippen molar-refractivity contribution in [3.8, 4) is 11.5 Å². The number of benzene rings is 3. The number of aliphatic hydroxyl groups is 1. The van der Waals surface area contributed by atoms with Crippen LogP contribution in [0.15, 0.2) is 72.3 Å². The van der Waals surface area contributed by atoms with Crippen molar-refractivity contribution in [2.45, 2.75) is 39.3 Å². The highest BCUT2D eigenvalue weighted by Crippen LogP contribution is 2.43. The van der Waals surface area contributed by atoms with Crippen LogP contribution in [-0.2, 0) is 16.0 Å². The summed E-state index contributed by atoms with van der Waals surface area (Å²) in [5.41, 5.74) is 2.38. The van der Waals surface area contributed by atoms with Gasteiger partial charge >= 0.3 is 0 Å². The fourth-order valence-electron chi connectivity index (χ4n) is 4.12. The van der Waals surface area contributed by atoms with Crippen molar-refractivity contribution in [3.05, 3.63) is 94.0 Å². The molecular formula is C28H26ClNO5. The van der Waals surface area contributed by atoms with Crippen LogP contribution in [0.25, 0.3) is 5.76 Å². The SMILES string of the molecule is CCc1ccc(N2C(=O)C(=O)/C(=C(\O)c3ccc(OC(C)C)cc3)C2c2ccc(O)c(Cl)c2)cc1. The Morgan fingerprint density at radius 2 is 1.69 bits per heavy atom. The van der Waals surface area contributed by atoms with Gasteiger partial charge in [-0.25, -0.2) is 0 Å². The lowest BCUT2D eigenvalue weighted by atomic mass is 9.95. The number of carbonyl (C=O) groups excluding carboxylic acids is 2. The van der Waals surface area contributed by atoms with Crippen LogP contribution in [0.4, 0.5) is 5.69 Å². The lowest BCUT2D eigenvalue weighted by Gasteiger charge is -2.26. The normalized spacial score (nSPS) is 17.3. The number of phenols is 1. The van der Waals surface area contributed by atoms with E-state index in [1.54, 1.807) is 42.5 Å². The van der Waals surface area contributed by atoms with E-state index in [1.165, 1.54) is 17.0 Å². The van der Waals surface area contributed by atoms with Crippen LogP contribution in [-0.4, -0.2) is 28.0 Å². The van der Waals surface area contributed by atoms with E-state index in [-0.39, 0.29) is 28.2 Å². The second-order valence-corrected chi connectivity index (χ2v) is 9.00. The van der Waals surface area contributed by atoms with Crippen LogP contribution in [0, 0.1) is 0 Å². The van der Waals surface area contributed by atoms with Gasteiger partial charge in [0.25, 0.3) is 11.7 Å². The summed E-state index contributed by atoms with van der Waals surface area (Å²) >= 11 is 6.17. The van der Waals surface area contributed by atoms with Gasteiger partial charge in [-0.3, -0.25) is 14.5 Å². The molecule has 1 atom stereocenters. The third-order valence-electron chi connectivity index (χ3n) is 5.85. The maximum Gasteiger partial charge on any atom is 0.300 e. The monoisotopic (exact) mass is 491 g/mol. The van der Waals surface area contributed by atoms with Crippen molar-refractivity contribution in [3.63, 3.8) is 0 Å². The Bertz CT molecular complexity index is 1300. The predicted octanol–water partition coefficient (Wildman–Crippen LogP) is 6.02. The second-order valence-electron chi connectivity index (χ2n) is 8.59. The zero-order valence-corrected chi connectivity index (χ0v) is 20.4. The Hall–Kier alpha value is -3.77. The van der Waals surface area contributed by atoms with E-state index in [0.29, 0.717) is 22.6 Å². The highest BCUT2D eigenvalue weighted by Gasteiger charge is 2.47. The van der Waals surface area contributed by atoms with Crippen molar-refractivity contribution >= 4 is 34.7 Å². The summed E-state index contributed by atoms with van der Waals surface area (Å²) in [6.07, 6.45) is 0.810. The number of aliphatic hydroxyl groups excluding tert-OH is 1. The van der Waals surface area contributed by atoms with Gasteiger partial charge < -0.3 is 14.9 Å². The summed E-state index contributed by atoms with van der Waals surface area (Å²) in [6.45, 7) is 5.84. The molecule has 1 heterocycles. The maximum absolute atomic E-state index is 13.3. The Balaban J connectivity index is 1.87. The quantitative estimate of drug-likeness (QED) is 0.250. The lowest BCUT2D eigenvalue weighted by molar-refractivity contribution is -0.132. The minimum atomic E-state index is -0.938. The van der Waals surface area contributed by atoms with Crippen LogP contribution in [0.2, 0.25) is 5.02 Å². The van der Waals surface area contributed by atoms with Crippen LogP contribution >= 0.6 is 11.6 Å². The third kappa shape index (κ3) is 4.75. The smallest absolute Gasteiger partial charge is 0.300 e. The number of phenolic OH excluding ortho intramolecular Hbond substituents is 1. The first-order chi connectivity index (χ1) is 16.7. The largest absolute Gasteiger partial charge is 0.507 e. The number of Topliss-reactive ketones (excluding diaryl/α,β-unsaturated/α-hetero) is 1. The lowest BCUT2D eigenvalue weighted by Crippen LogP contribution is -2.29. The van der Waals surface area contributed by atoms with Crippen molar-refractivity contribution in [2.24, 2.45) is 0 Å². The number of carbonyl (C=O) groups is 2. The van der Waals surface area contributed by atoms with Gasteiger partial charge in [0.2, 0.25) is 0 Å². The Labute approximate surface area is 209 Å². The number of anilines is 1. The van der Waals surface area contributed by atoms with Gasteiger partial charge in [-0.2, -0.15) is 0 Å². The summed E-state index contributed by atoms with van der Waals surface area (Å²) in [7, 11) is 0. The van der Waals surface area contributed by atoms with E-state index in [1.807, 2.05) is 32.9 Å². The van der Waals surface area contributed by atoms with Gasteiger partial charge in [0.05, 0.1) is 22.7 Å². The third-order valence-corrected chi connectivity index (χ3v) is 6.16. The molecular weight excluding hydrogens is 466 g/mol. The molecule has 0 spiro atoms. The van der Waals surface area contributed by atoms with E-state index in [0.717, 1.165) is 12.0 Å². The van der Waals surface area contributed by atoms with E-state index in [4.69, 9.17) is 16.3 Å². The minimum Gasteiger partial charge on any atom is -0.507 e. The number of aromatic hydroxyl groups is 1. The fraction of sp³-hybridized carbons (Fsp3) is 0.214. The van der Waals surface area contributed by atoms with Crippen molar-refractivity contribution < 1.29 is 24.5 Å². The van der Waals surface area contributed by atoms with E-state index in [9.17, 15) is 19.8 Å². The minimum absolute atomic E-state index is 0.0156. The average molecular weight is 492 g/mol. The first-order valence-electron chi connectivity index (χ1n) is 11.4. The number of ketones is 1. The molecule has 0 saturated carbocycles. The molecule has 1 amide bonds. The molecule has 0 bridgehead atoms. The molecule has 6 nitrogen and oxygen atoms in total.